The van der Waals surface area contributed by atoms with E-state index in [-0.39, 0.29) is 5.91 Å². The maximum absolute atomic E-state index is 12.8. The van der Waals surface area contributed by atoms with Gasteiger partial charge >= 0.3 is 0 Å². The summed E-state index contributed by atoms with van der Waals surface area (Å²) in [5, 5.41) is 4.42. The van der Waals surface area contributed by atoms with E-state index in [1.165, 1.54) is 11.1 Å². The number of ether oxygens (including phenoxy) is 1. The first kappa shape index (κ1) is 16.4. The Balaban J connectivity index is 1.49. The first-order valence-corrected chi connectivity index (χ1v) is 8.75. The largest absolute Gasteiger partial charge is 0.472 e. The normalized spacial score (nSPS) is 13.6. The van der Waals surface area contributed by atoms with Gasteiger partial charge in [0.05, 0.1) is 6.54 Å². The Hall–Kier alpha value is -3.08. The van der Waals surface area contributed by atoms with Crippen LogP contribution in [0.1, 0.15) is 27.2 Å². The number of anilines is 1. The smallest absolute Gasteiger partial charge is 0.276 e. The molecule has 1 aromatic heterocycles. The monoisotopic (exact) mass is 347 g/mol. The number of fused-ring (bicyclic) bond motifs is 1. The number of aryl methyl sites for hydroxylation is 2. The van der Waals surface area contributed by atoms with Crippen LogP contribution in [0.5, 0.6) is 5.88 Å². The molecule has 4 rings (SSSR count). The summed E-state index contributed by atoms with van der Waals surface area (Å²) in [5.41, 5.74) is 4.95. The van der Waals surface area contributed by atoms with Crippen LogP contribution in [0, 0.1) is 13.8 Å². The van der Waals surface area contributed by atoms with Crippen molar-refractivity contribution in [1.29, 1.82) is 0 Å². The number of nitrogens with zero attached hydrogens (tertiary/aromatic N) is 3. The molecule has 132 valence electrons. The minimum atomic E-state index is -0.0437. The Morgan fingerprint density at radius 3 is 2.31 bits per heavy atom. The highest BCUT2D eigenvalue weighted by Gasteiger charge is 2.27. The quantitative estimate of drug-likeness (QED) is 0.722. The van der Waals surface area contributed by atoms with Crippen molar-refractivity contribution in [2.75, 3.05) is 11.4 Å². The highest BCUT2D eigenvalue weighted by atomic mass is 16.5. The third kappa shape index (κ3) is 3.20. The number of hydrogen-bond acceptors (Lipinski definition) is 3. The van der Waals surface area contributed by atoms with Crippen LogP contribution >= 0.6 is 0 Å². The lowest BCUT2D eigenvalue weighted by Crippen LogP contribution is -2.40. The van der Waals surface area contributed by atoms with Gasteiger partial charge in [-0.15, -0.1) is 5.10 Å². The fraction of sp³-hybridized carbons (Fsp3) is 0.238. The van der Waals surface area contributed by atoms with Crippen LogP contribution in [0.15, 0.2) is 54.6 Å². The summed E-state index contributed by atoms with van der Waals surface area (Å²) in [6, 6.07) is 17.9. The van der Waals surface area contributed by atoms with Crippen LogP contribution in [-0.2, 0) is 13.2 Å². The van der Waals surface area contributed by atoms with Crippen molar-refractivity contribution in [3.05, 3.63) is 77.0 Å². The average Bonchev–Trinajstić information content (AvgIpc) is 3.07. The third-order valence-electron chi connectivity index (χ3n) is 4.61. The molecule has 0 saturated carbocycles. The number of amides is 1. The molecule has 0 saturated heterocycles. The molecule has 1 amide bonds. The summed E-state index contributed by atoms with van der Waals surface area (Å²) in [6.07, 6.45) is 0. The molecule has 26 heavy (non-hydrogen) atoms. The molecule has 0 unspecified atom stereocenters. The van der Waals surface area contributed by atoms with Crippen molar-refractivity contribution in [2.24, 2.45) is 0 Å². The van der Waals surface area contributed by atoms with E-state index in [1.54, 1.807) is 15.6 Å². The molecule has 0 N–H and O–H groups in total. The third-order valence-corrected chi connectivity index (χ3v) is 4.61. The maximum atomic E-state index is 12.8. The van der Waals surface area contributed by atoms with Gasteiger partial charge < -0.3 is 9.64 Å². The minimum absolute atomic E-state index is 0.0437. The van der Waals surface area contributed by atoms with Crippen LogP contribution < -0.4 is 9.64 Å². The summed E-state index contributed by atoms with van der Waals surface area (Å²) < 4.78 is 7.52. The highest BCUT2D eigenvalue weighted by molar-refractivity contribution is 6.05. The van der Waals surface area contributed by atoms with Gasteiger partial charge in [0, 0.05) is 18.3 Å². The number of benzene rings is 2. The van der Waals surface area contributed by atoms with Crippen LogP contribution in [0.4, 0.5) is 5.69 Å². The number of carbonyl (C=O) groups is 1. The molecule has 0 bridgehead atoms. The van der Waals surface area contributed by atoms with Crippen LogP contribution in [0.3, 0.4) is 0 Å². The predicted molar refractivity (Wildman–Crippen MR) is 101 cm³/mol. The molecule has 3 aromatic rings. The van der Waals surface area contributed by atoms with E-state index in [9.17, 15) is 4.79 Å². The Bertz CT molecular complexity index is 927. The van der Waals surface area contributed by atoms with Crippen molar-refractivity contribution in [3.8, 4) is 5.88 Å². The van der Waals surface area contributed by atoms with E-state index < -0.39 is 0 Å². The van der Waals surface area contributed by atoms with Crippen LogP contribution in [0.2, 0.25) is 0 Å². The SMILES string of the molecule is Cc1ccc(COc2cc3n(n2)CCN(c2ccc(C)cc2)C3=O)cc1. The van der Waals surface area contributed by atoms with E-state index in [2.05, 4.69) is 24.2 Å². The summed E-state index contributed by atoms with van der Waals surface area (Å²) in [6.45, 7) is 5.79. The van der Waals surface area contributed by atoms with Gasteiger partial charge in [-0.3, -0.25) is 9.48 Å². The second-order valence-corrected chi connectivity index (χ2v) is 6.66. The zero-order valence-electron chi connectivity index (χ0n) is 15.0. The Morgan fingerprint density at radius 1 is 0.962 bits per heavy atom. The molecular formula is C21H21N3O2. The molecule has 0 spiro atoms. The van der Waals surface area contributed by atoms with E-state index in [4.69, 9.17) is 4.74 Å². The second-order valence-electron chi connectivity index (χ2n) is 6.66. The maximum Gasteiger partial charge on any atom is 0.276 e. The fourth-order valence-electron chi connectivity index (χ4n) is 3.05. The summed E-state index contributed by atoms with van der Waals surface area (Å²) in [7, 11) is 0. The first-order valence-electron chi connectivity index (χ1n) is 8.75. The van der Waals surface area contributed by atoms with Gasteiger partial charge in [-0.25, -0.2) is 0 Å². The summed E-state index contributed by atoms with van der Waals surface area (Å²) >= 11 is 0. The summed E-state index contributed by atoms with van der Waals surface area (Å²) in [4.78, 5) is 14.6. The average molecular weight is 347 g/mol. The lowest BCUT2D eigenvalue weighted by Gasteiger charge is -2.27. The Kier molecular flexibility index (Phi) is 4.21. The van der Waals surface area contributed by atoms with E-state index in [0.717, 1.165) is 11.3 Å². The van der Waals surface area contributed by atoms with Gasteiger partial charge in [0.15, 0.2) is 0 Å². The molecule has 1 aliphatic heterocycles. The molecule has 5 heteroatoms. The van der Waals surface area contributed by atoms with E-state index >= 15 is 0 Å². The molecular weight excluding hydrogens is 326 g/mol. The zero-order valence-corrected chi connectivity index (χ0v) is 15.0. The lowest BCUT2D eigenvalue weighted by molar-refractivity contribution is 0.0962. The van der Waals surface area contributed by atoms with Gasteiger partial charge in [-0.2, -0.15) is 0 Å². The summed E-state index contributed by atoms with van der Waals surface area (Å²) in [5.74, 6) is 0.442. The topological polar surface area (TPSA) is 47.4 Å². The van der Waals surface area contributed by atoms with Crippen molar-refractivity contribution >= 4 is 11.6 Å². The molecule has 0 aliphatic carbocycles. The Morgan fingerprint density at radius 2 is 1.62 bits per heavy atom. The fourth-order valence-corrected chi connectivity index (χ4v) is 3.05. The zero-order chi connectivity index (χ0) is 18.1. The molecule has 0 fully saturated rings. The first-order chi connectivity index (χ1) is 12.6. The molecule has 0 radical (unpaired) electrons. The molecule has 5 nitrogen and oxygen atoms in total. The lowest BCUT2D eigenvalue weighted by atomic mass is 10.2. The van der Waals surface area contributed by atoms with Gasteiger partial charge in [-0.05, 0) is 31.5 Å². The van der Waals surface area contributed by atoms with Gasteiger partial charge in [0.1, 0.15) is 12.3 Å². The minimum Gasteiger partial charge on any atom is -0.472 e. The number of rotatable bonds is 4. The second kappa shape index (κ2) is 6.67. The van der Waals surface area contributed by atoms with Crippen molar-refractivity contribution in [1.82, 2.24) is 9.78 Å². The van der Waals surface area contributed by atoms with Gasteiger partial charge in [0.2, 0.25) is 5.88 Å². The number of hydrogen-bond donors (Lipinski definition) is 0. The molecule has 2 heterocycles. The predicted octanol–water partition coefficient (Wildman–Crippen LogP) is 3.74. The van der Waals surface area contributed by atoms with Crippen LogP contribution in [-0.4, -0.2) is 22.2 Å². The standard InChI is InChI=1S/C21H21N3O2/c1-15-3-7-17(8-4-15)14-26-20-13-19-21(25)23(11-12-24(19)22-20)18-9-5-16(2)6-10-18/h3-10,13H,11-12,14H2,1-2H3. The highest BCUT2D eigenvalue weighted by Crippen LogP contribution is 2.24. The van der Waals surface area contributed by atoms with Crippen molar-refractivity contribution in [3.63, 3.8) is 0 Å². The number of carbonyl (C=O) groups excluding carboxylic acids is 1. The Labute approximate surface area is 152 Å². The van der Waals surface area contributed by atoms with Crippen molar-refractivity contribution in [2.45, 2.75) is 27.0 Å². The van der Waals surface area contributed by atoms with E-state index in [0.29, 0.717) is 31.3 Å². The van der Waals surface area contributed by atoms with E-state index in [1.807, 2.05) is 43.3 Å². The molecule has 2 aromatic carbocycles. The number of aromatic nitrogens is 2. The van der Waals surface area contributed by atoms with Gasteiger partial charge in [-0.1, -0.05) is 47.5 Å². The van der Waals surface area contributed by atoms with Crippen molar-refractivity contribution < 1.29 is 9.53 Å². The van der Waals surface area contributed by atoms with Crippen LogP contribution in [0.25, 0.3) is 0 Å². The molecule has 1 aliphatic rings. The molecule has 0 atom stereocenters. The van der Waals surface area contributed by atoms with Gasteiger partial charge in [0.25, 0.3) is 5.91 Å².